The molecule has 98 valence electrons. The smallest absolute Gasteiger partial charge is 0.124 e. The van der Waals surface area contributed by atoms with Gasteiger partial charge in [0.1, 0.15) is 11.9 Å². The molecule has 0 spiro atoms. The molecule has 1 unspecified atom stereocenters. The Morgan fingerprint density at radius 3 is 2.95 bits per heavy atom. The lowest BCUT2D eigenvalue weighted by Crippen LogP contribution is -2.08. The van der Waals surface area contributed by atoms with E-state index in [1.807, 2.05) is 18.4 Å². The molecule has 5 heteroatoms. The summed E-state index contributed by atoms with van der Waals surface area (Å²) < 4.78 is 13.1. The molecule has 3 nitrogen and oxygen atoms in total. The number of thiazole rings is 1. The van der Waals surface area contributed by atoms with E-state index in [1.165, 1.54) is 12.1 Å². The van der Waals surface area contributed by atoms with Gasteiger partial charge in [-0.2, -0.15) is 5.26 Å². The van der Waals surface area contributed by atoms with Gasteiger partial charge in [-0.1, -0.05) is 6.92 Å². The minimum atomic E-state index is -0.406. The Morgan fingerprint density at radius 1 is 1.53 bits per heavy atom. The van der Waals surface area contributed by atoms with Gasteiger partial charge in [0, 0.05) is 5.38 Å². The van der Waals surface area contributed by atoms with Gasteiger partial charge in [0.25, 0.3) is 0 Å². The van der Waals surface area contributed by atoms with Gasteiger partial charge in [0.15, 0.2) is 0 Å². The van der Waals surface area contributed by atoms with Crippen LogP contribution in [0.4, 0.5) is 10.1 Å². The third kappa shape index (κ3) is 3.09. The molecule has 0 aliphatic rings. The highest BCUT2D eigenvalue weighted by molar-refractivity contribution is 7.09. The van der Waals surface area contributed by atoms with Crippen molar-refractivity contribution in [2.75, 3.05) is 5.32 Å². The maximum Gasteiger partial charge on any atom is 0.124 e. The highest BCUT2D eigenvalue weighted by atomic mass is 32.1. The predicted molar refractivity (Wildman–Crippen MR) is 74.6 cm³/mol. The van der Waals surface area contributed by atoms with Crippen molar-refractivity contribution in [2.24, 2.45) is 0 Å². The van der Waals surface area contributed by atoms with Gasteiger partial charge in [0.05, 0.1) is 28.0 Å². The van der Waals surface area contributed by atoms with Crippen molar-refractivity contribution in [1.82, 2.24) is 4.98 Å². The number of benzene rings is 1. The van der Waals surface area contributed by atoms with E-state index in [9.17, 15) is 4.39 Å². The second-order valence-corrected chi connectivity index (χ2v) is 5.13. The fraction of sp³-hybridized carbons (Fsp3) is 0.286. The molecule has 1 N–H and O–H groups in total. The van der Waals surface area contributed by atoms with Crippen molar-refractivity contribution >= 4 is 17.0 Å². The molecule has 0 fully saturated rings. The van der Waals surface area contributed by atoms with Crippen molar-refractivity contribution in [1.29, 1.82) is 5.26 Å². The summed E-state index contributed by atoms with van der Waals surface area (Å²) in [6.07, 6.45) is 0.914. The summed E-state index contributed by atoms with van der Waals surface area (Å²) in [4.78, 5) is 4.50. The maximum absolute atomic E-state index is 13.1. The van der Waals surface area contributed by atoms with E-state index in [2.05, 4.69) is 17.2 Å². The largest absolute Gasteiger partial charge is 0.376 e. The second-order valence-electron chi connectivity index (χ2n) is 4.19. The molecule has 1 aromatic heterocycles. The van der Waals surface area contributed by atoms with Crippen molar-refractivity contribution in [3.05, 3.63) is 45.7 Å². The summed E-state index contributed by atoms with van der Waals surface area (Å²) >= 11 is 1.62. The first-order chi connectivity index (χ1) is 9.13. The lowest BCUT2D eigenvalue weighted by atomic mass is 10.1. The normalized spacial score (nSPS) is 11.9. The molecule has 0 amide bonds. The summed E-state index contributed by atoms with van der Waals surface area (Å²) in [6, 6.07) is 6.12. The van der Waals surface area contributed by atoms with E-state index in [0.717, 1.165) is 17.1 Å². The Kier molecular flexibility index (Phi) is 4.13. The van der Waals surface area contributed by atoms with Gasteiger partial charge in [-0.15, -0.1) is 11.3 Å². The number of nitriles is 1. The fourth-order valence-electron chi connectivity index (χ4n) is 1.73. The van der Waals surface area contributed by atoms with E-state index in [0.29, 0.717) is 11.3 Å². The number of nitrogens with zero attached hydrogens (tertiary/aromatic N) is 2. The Bertz CT molecular complexity index is 615. The monoisotopic (exact) mass is 275 g/mol. The molecule has 19 heavy (non-hydrogen) atoms. The molecule has 0 bridgehead atoms. The lowest BCUT2D eigenvalue weighted by molar-refractivity contribution is 0.627. The molecule has 1 aromatic carbocycles. The van der Waals surface area contributed by atoms with E-state index in [4.69, 9.17) is 5.26 Å². The summed E-state index contributed by atoms with van der Waals surface area (Å²) in [5.74, 6) is -0.406. The van der Waals surface area contributed by atoms with E-state index < -0.39 is 5.82 Å². The zero-order valence-electron chi connectivity index (χ0n) is 10.8. The first-order valence-corrected chi connectivity index (χ1v) is 6.92. The number of aromatic nitrogens is 1. The number of aryl methyl sites for hydroxylation is 1. The van der Waals surface area contributed by atoms with Crippen LogP contribution in [-0.2, 0) is 6.42 Å². The number of halogens is 1. The molecule has 1 heterocycles. The van der Waals surface area contributed by atoms with E-state index in [-0.39, 0.29) is 6.04 Å². The first-order valence-electron chi connectivity index (χ1n) is 6.04. The number of hydrogen-bond acceptors (Lipinski definition) is 4. The van der Waals surface area contributed by atoms with Gasteiger partial charge in [-0.25, -0.2) is 9.37 Å². The summed E-state index contributed by atoms with van der Waals surface area (Å²) in [5.41, 5.74) is 1.87. The van der Waals surface area contributed by atoms with Gasteiger partial charge in [0.2, 0.25) is 0 Å². The molecule has 0 aliphatic heterocycles. The average molecular weight is 275 g/mol. The quantitative estimate of drug-likeness (QED) is 0.921. The molecule has 1 atom stereocenters. The maximum atomic E-state index is 13.1. The summed E-state index contributed by atoms with van der Waals surface area (Å²) in [7, 11) is 0. The Morgan fingerprint density at radius 2 is 2.32 bits per heavy atom. The van der Waals surface area contributed by atoms with Crippen LogP contribution >= 0.6 is 11.3 Å². The van der Waals surface area contributed by atoms with E-state index in [1.54, 1.807) is 17.4 Å². The molecule has 0 aliphatic carbocycles. The summed E-state index contributed by atoms with van der Waals surface area (Å²) in [6.45, 7) is 4.04. The van der Waals surface area contributed by atoms with Crippen LogP contribution in [0.25, 0.3) is 0 Å². The van der Waals surface area contributed by atoms with Crippen LogP contribution in [0.15, 0.2) is 23.6 Å². The molecule has 0 radical (unpaired) electrons. The van der Waals surface area contributed by atoms with Crippen LogP contribution in [0.2, 0.25) is 0 Å². The van der Waals surface area contributed by atoms with Crippen LogP contribution in [0, 0.1) is 17.1 Å². The molecule has 0 saturated carbocycles. The highest BCUT2D eigenvalue weighted by Gasteiger charge is 2.12. The highest BCUT2D eigenvalue weighted by Crippen LogP contribution is 2.24. The minimum Gasteiger partial charge on any atom is -0.376 e. The number of rotatable bonds is 4. The molecule has 2 aromatic rings. The van der Waals surface area contributed by atoms with Crippen molar-refractivity contribution < 1.29 is 4.39 Å². The molecule has 2 rings (SSSR count). The Balaban J connectivity index is 2.19. The van der Waals surface area contributed by atoms with E-state index >= 15 is 0 Å². The molecular weight excluding hydrogens is 261 g/mol. The number of anilines is 1. The van der Waals surface area contributed by atoms with Crippen molar-refractivity contribution in [3.63, 3.8) is 0 Å². The van der Waals surface area contributed by atoms with Gasteiger partial charge in [-0.3, -0.25) is 0 Å². The van der Waals surface area contributed by atoms with Crippen LogP contribution in [0.3, 0.4) is 0 Å². The first kappa shape index (κ1) is 13.5. The van der Waals surface area contributed by atoms with Crippen molar-refractivity contribution in [3.8, 4) is 6.07 Å². The molecular formula is C14H14FN3S. The van der Waals surface area contributed by atoms with Crippen LogP contribution in [-0.4, -0.2) is 4.98 Å². The fourth-order valence-corrected chi connectivity index (χ4v) is 2.57. The van der Waals surface area contributed by atoms with Crippen LogP contribution in [0.1, 0.15) is 36.2 Å². The minimum absolute atomic E-state index is 0.0193. The third-order valence-electron chi connectivity index (χ3n) is 2.79. The third-order valence-corrected chi connectivity index (χ3v) is 3.80. The molecule has 0 saturated heterocycles. The van der Waals surface area contributed by atoms with Gasteiger partial charge < -0.3 is 5.32 Å². The average Bonchev–Trinajstić information content (AvgIpc) is 2.89. The lowest BCUT2D eigenvalue weighted by Gasteiger charge is -2.14. The Labute approximate surface area is 115 Å². The number of nitrogens with one attached hydrogen (secondary N) is 1. The second kappa shape index (κ2) is 5.81. The Hall–Kier alpha value is -1.93. The summed E-state index contributed by atoms with van der Waals surface area (Å²) in [5, 5.41) is 15.3. The standard InChI is InChI=1S/C14H14FN3S/c1-3-14-18-13(8-19-14)9(2)17-12-5-4-11(15)6-10(12)7-16/h4-6,8-9,17H,3H2,1-2H3. The zero-order chi connectivity index (χ0) is 13.8. The SMILES string of the molecule is CCc1nc(C(C)Nc2ccc(F)cc2C#N)cs1. The zero-order valence-corrected chi connectivity index (χ0v) is 11.6. The van der Waals surface area contributed by atoms with Crippen LogP contribution in [0.5, 0.6) is 0 Å². The predicted octanol–water partition coefficient (Wildman–Crippen LogP) is 3.89. The topological polar surface area (TPSA) is 48.7 Å². The number of hydrogen-bond donors (Lipinski definition) is 1. The van der Waals surface area contributed by atoms with Gasteiger partial charge >= 0.3 is 0 Å². The van der Waals surface area contributed by atoms with Gasteiger partial charge in [-0.05, 0) is 31.5 Å². The van der Waals surface area contributed by atoms with Crippen LogP contribution < -0.4 is 5.32 Å². The van der Waals surface area contributed by atoms with Crippen molar-refractivity contribution in [2.45, 2.75) is 26.3 Å².